The molecular formula is C25H31N3O3. The molecule has 0 saturated carbocycles. The predicted octanol–water partition coefficient (Wildman–Crippen LogP) is 2.62. The molecule has 2 aromatic carbocycles. The van der Waals surface area contributed by atoms with E-state index in [1.54, 1.807) is 11.0 Å². The molecule has 4 rings (SSSR count). The summed E-state index contributed by atoms with van der Waals surface area (Å²) in [7, 11) is 2.09. The molecule has 2 aliphatic rings. The molecule has 0 aromatic heterocycles. The van der Waals surface area contributed by atoms with E-state index < -0.39 is 11.5 Å². The van der Waals surface area contributed by atoms with Crippen LogP contribution in [0, 0.1) is 20.8 Å². The van der Waals surface area contributed by atoms with E-state index in [0.717, 1.165) is 42.9 Å². The van der Waals surface area contributed by atoms with Crippen molar-refractivity contribution in [2.45, 2.75) is 32.8 Å². The number of piperazine rings is 1. The number of aliphatic hydroxyl groups is 1. The zero-order chi connectivity index (χ0) is 22.3. The molecular weight excluding hydrogens is 390 g/mol. The summed E-state index contributed by atoms with van der Waals surface area (Å²) >= 11 is 0. The van der Waals surface area contributed by atoms with Crippen molar-refractivity contribution in [3.63, 3.8) is 0 Å². The van der Waals surface area contributed by atoms with Crippen LogP contribution in [0.3, 0.4) is 0 Å². The topological polar surface area (TPSA) is 64.1 Å². The van der Waals surface area contributed by atoms with Crippen LogP contribution in [0.2, 0.25) is 0 Å². The first-order chi connectivity index (χ1) is 14.7. The van der Waals surface area contributed by atoms with Gasteiger partial charge >= 0.3 is 0 Å². The van der Waals surface area contributed by atoms with Gasteiger partial charge in [-0.05, 0) is 45.0 Å². The van der Waals surface area contributed by atoms with Crippen molar-refractivity contribution in [1.29, 1.82) is 0 Å². The van der Waals surface area contributed by atoms with E-state index >= 15 is 0 Å². The summed E-state index contributed by atoms with van der Waals surface area (Å²) in [6.07, 6.45) is -0.257. The molecule has 164 valence electrons. The van der Waals surface area contributed by atoms with Gasteiger partial charge in [0.05, 0.1) is 18.8 Å². The van der Waals surface area contributed by atoms with Crippen molar-refractivity contribution in [2.75, 3.05) is 44.8 Å². The SMILES string of the molecule is Cc1cc(C)c(C(=O)CC2(O)C(=O)N(CN3CCN(C)CC3)c3ccccc32)c(C)c1. The molecule has 2 aliphatic heterocycles. The highest BCUT2D eigenvalue weighted by Gasteiger charge is 2.51. The number of amides is 1. The van der Waals surface area contributed by atoms with E-state index in [1.807, 2.05) is 51.1 Å². The Kier molecular flexibility index (Phi) is 5.73. The first kappa shape index (κ1) is 21.7. The fourth-order valence-electron chi connectivity index (χ4n) is 4.95. The Morgan fingerprint density at radius 2 is 1.65 bits per heavy atom. The van der Waals surface area contributed by atoms with E-state index in [-0.39, 0.29) is 12.2 Å². The average molecular weight is 422 g/mol. The molecule has 2 aromatic rings. The number of hydrogen-bond acceptors (Lipinski definition) is 5. The van der Waals surface area contributed by atoms with Gasteiger partial charge in [0.1, 0.15) is 0 Å². The summed E-state index contributed by atoms with van der Waals surface area (Å²) < 4.78 is 0. The fourth-order valence-corrected chi connectivity index (χ4v) is 4.95. The minimum Gasteiger partial charge on any atom is -0.375 e. The van der Waals surface area contributed by atoms with Crippen LogP contribution in [0.5, 0.6) is 0 Å². The molecule has 0 radical (unpaired) electrons. The van der Waals surface area contributed by atoms with Crippen molar-refractivity contribution in [2.24, 2.45) is 0 Å². The van der Waals surface area contributed by atoms with Gasteiger partial charge in [-0.2, -0.15) is 0 Å². The van der Waals surface area contributed by atoms with Gasteiger partial charge in [0.25, 0.3) is 5.91 Å². The highest BCUT2D eigenvalue weighted by atomic mass is 16.3. The quantitative estimate of drug-likeness (QED) is 0.752. The van der Waals surface area contributed by atoms with E-state index in [1.165, 1.54) is 0 Å². The van der Waals surface area contributed by atoms with Gasteiger partial charge in [0, 0.05) is 37.3 Å². The van der Waals surface area contributed by atoms with Crippen molar-refractivity contribution in [3.8, 4) is 0 Å². The van der Waals surface area contributed by atoms with Gasteiger partial charge in [0.15, 0.2) is 11.4 Å². The molecule has 1 amide bonds. The summed E-state index contributed by atoms with van der Waals surface area (Å²) in [5.41, 5.74) is 2.80. The minimum absolute atomic E-state index is 0.206. The summed E-state index contributed by atoms with van der Waals surface area (Å²) in [6, 6.07) is 11.2. The van der Waals surface area contributed by atoms with Gasteiger partial charge in [0.2, 0.25) is 0 Å². The third-order valence-corrected chi connectivity index (χ3v) is 6.55. The molecule has 6 nitrogen and oxygen atoms in total. The van der Waals surface area contributed by atoms with Gasteiger partial charge < -0.3 is 10.0 Å². The number of rotatable bonds is 5. The molecule has 31 heavy (non-hydrogen) atoms. The number of hydrogen-bond donors (Lipinski definition) is 1. The number of benzene rings is 2. The summed E-state index contributed by atoms with van der Waals surface area (Å²) in [5, 5.41) is 11.6. The van der Waals surface area contributed by atoms with Crippen molar-refractivity contribution in [3.05, 3.63) is 64.2 Å². The van der Waals surface area contributed by atoms with E-state index in [9.17, 15) is 14.7 Å². The predicted molar refractivity (Wildman–Crippen MR) is 121 cm³/mol. The summed E-state index contributed by atoms with van der Waals surface area (Å²) in [4.78, 5) is 32.9. The molecule has 0 aliphatic carbocycles. The first-order valence-electron chi connectivity index (χ1n) is 10.9. The number of carbonyl (C=O) groups excluding carboxylic acids is 2. The number of Topliss-reactive ketones (excluding diaryl/α,β-unsaturated/α-hetero) is 1. The van der Waals surface area contributed by atoms with Gasteiger partial charge in [-0.3, -0.25) is 19.4 Å². The van der Waals surface area contributed by atoms with Crippen LogP contribution in [0.4, 0.5) is 5.69 Å². The second-order valence-electron chi connectivity index (χ2n) is 9.05. The van der Waals surface area contributed by atoms with E-state index in [2.05, 4.69) is 16.8 Å². The van der Waals surface area contributed by atoms with Crippen molar-refractivity contribution < 1.29 is 14.7 Å². The Hall–Kier alpha value is -2.54. The summed E-state index contributed by atoms with van der Waals surface area (Å²) in [5.74, 6) is -0.620. The number of para-hydroxylation sites is 1. The lowest BCUT2D eigenvalue weighted by Crippen LogP contribution is -2.51. The number of carbonyl (C=O) groups is 2. The first-order valence-corrected chi connectivity index (χ1v) is 10.9. The number of likely N-dealkylation sites (N-methyl/N-ethyl adjacent to an activating group) is 1. The Balaban J connectivity index is 1.63. The van der Waals surface area contributed by atoms with Crippen LogP contribution < -0.4 is 4.90 Å². The lowest BCUT2D eigenvalue weighted by molar-refractivity contribution is -0.136. The van der Waals surface area contributed by atoms with Crippen molar-refractivity contribution in [1.82, 2.24) is 9.80 Å². The van der Waals surface area contributed by atoms with Crippen LogP contribution in [0.15, 0.2) is 36.4 Å². The minimum atomic E-state index is -1.84. The van der Waals surface area contributed by atoms with Gasteiger partial charge in [-0.15, -0.1) is 0 Å². The standard InChI is InChI=1S/C25H31N3O3/c1-17-13-18(2)23(19(3)14-17)22(29)15-25(31)20-7-5-6-8-21(20)28(24(25)30)16-27-11-9-26(4)10-12-27/h5-8,13-14,31H,9-12,15-16H2,1-4H3. The van der Waals surface area contributed by atoms with Gasteiger partial charge in [-0.25, -0.2) is 0 Å². The molecule has 2 heterocycles. The molecule has 1 unspecified atom stereocenters. The molecule has 6 heteroatoms. The molecule has 1 saturated heterocycles. The lowest BCUT2D eigenvalue weighted by atomic mass is 9.85. The van der Waals surface area contributed by atoms with Crippen molar-refractivity contribution >= 4 is 17.4 Å². The normalized spacial score (nSPS) is 22.1. The van der Waals surface area contributed by atoms with Crippen LogP contribution in [-0.2, 0) is 10.4 Å². The third kappa shape index (κ3) is 3.91. The zero-order valence-electron chi connectivity index (χ0n) is 18.8. The van der Waals surface area contributed by atoms with Gasteiger partial charge in [-0.1, -0.05) is 35.9 Å². The third-order valence-electron chi connectivity index (χ3n) is 6.55. The highest BCUT2D eigenvalue weighted by Crippen LogP contribution is 2.43. The second-order valence-corrected chi connectivity index (χ2v) is 9.05. The Morgan fingerprint density at radius 1 is 1.03 bits per heavy atom. The van der Waals surface area contributed by atoms with Crippen LogP contribution in [0.1, 0.15) is 39.0 Å². The second kappa shape index (κ2) is 8.19. The number of ketones is 1. The molecule has 0 bridgehead atoms. The fraction of sp³-hybridized carbons (Fsp3) is 0.440. The maximum atomic E-state index is 13.5. The molecule has 1 N–H and O–H groups in total. The summed E-state index contributed by atoms with van der Waals surface area (Å²) in [6.45, 7) is 9.83. The number of fused-ring (bicyclic) bond motifs is 1. The maximum Gasteiger partial charge on any atom is 0.265 e. The van der Waals surface area contributed by atoms with Crippen LogP contribution in [-0.4, -0.2) is 66.5 Å². The number of anilines is 1. The number of aryl methyl sites for hydroxylation is 3. The molecule has 1 atom stereocenters. The number of nitrogens with zero attached hydrogens (tertiary/aromatic N) is 3. The maximum absolute atomic E-state index is 13.5. The van der Waals surface area contributed by atoms with E-state index in [0.29, 0.717) is 23.5 Å². The molecule has 0 spiro atoms. The highest BCUT2D eigenvalue weighted by molar-refractivity contribution is 6.11. The lowest BCUT2D eigenvalue weighted by Gasteiger charge is -2.35. The van der Waals surface area contributed by atoms with E-state index in [4.69, 9.17) is 0 Å². The Bertz CT molecular complexity index is 1000. The van der Waals surface area contributed by atoms with Crippen LogP contribution in [0.25, 0.3) is 0 Å². The monoisotopic (exact) mass is 421 g/mol. The largest absolute Gasteiger partial charge is 0.375 e. The Labute approximate surface area is 184 Å². The Morgan fingerprint density at radius 3 is 2.29 bits per heavy atom. The average Bonchev–Trinajstić information content (AvgIpc) is 2.91. The smallest absolute Gasteiger partial charge is 0.265 e. The zero-order valence-corrected chi connectivity index (χ0v) is 18.8. The van der Waals surface area contributed by atoms with Crippen LogP contribution >= 0.6 is 0 Å². The molecule has 1 fully saturated rings.